The summed E-state index contributed by atoms with van der Waals surface area (Å²) in [5.74, 6) is 0.380. The highest BCUT2D eigenvalue weighted by Crippen LogP contribution is 2.18. The standard InChI is InChI=1S/C13H15F3N6O2/c1-8(11-21-18-7-22(11)2)19-12(23)20-9-3-4-10(17-5-9)24-6-13(14,15)16/h3-5,7-8H,6H2,1-2H3,(H2,19,20,23)/t8-/m1/s1. The zero-order chi connectivity index (χ0) is 17.7. The van der Waals surface area contributed by atoms with Gasteiger partial charge >= 0.3 is 12.2 Å². The molecule has 2 N–H and O–H groups in total. The third-order valence-electron chi connectivity index (χ3n) is 2.86. The van der Waals surface area contributed by atoms with Gasteiger partial charge in [-0.3, -0.25) is 0 Å². The third kappa shape index (κ3) is 5.11. The second kappa shape index (κ2) is 7.15. The normalized spacial score (nSPS) is 12.5. The molecule has 0 spiro atoms. The number of nitrogens with zero attached hydrogens (tertiary/aromatic N) is 4. The number of pyridine rings is 1. The van der Waals surface area contributed by atoms with Gasteiger partial charge in [-0.2, -0.15) is 13.2 Å². The molecule has 0 fully saturated rings. The fraction of sp³-hybridized carbons (Fsp3) is 0.385. The fourth-order valence-corrected chi connectivity index (χ4v) is 1.81. The molecule has 130 valence electrons. The Labute approximate surface area is 135 Å². The van der Waals surface area contributed by atoms with Gasteiger partial charge in [0.25, 0.3) is 0 Å². The molecule has 0 saturated carbocycles. The van der Waals surface area contributed by atoms with Gasteiger partial charge in [0.05, 0.1) is 17.9 Å². The summed E-state index contributed by atoms with van der Waals surface area (Å²) < 4.78 is 42.2. The Hall–Kier alpha value is -2.85. The quantitative estimate of drug-likeness (QED) is 0.866. The molecular weight excluding hydrogens is 329 g/mol. The molecule has 11 heteroatoms. The number of ether oxygens (including phenoxy) is 1. The number of hydrogen-bond donors (Lipinski definition) is 2. The lowest BCUT2D eigenvalue weighted by atomic mass is 10.3. The van der Waals surface area contributed by atoms with E-state index in [-0.39, 0.29) is 11.9 Å². The first-order valence-corrected chi connectivity index (χ1v) is 6.81. The highest BCUT2D eigenvalue weighted by Gasteiger charge is 2.28. The third-order valence-corrected chi connectivity index (χ3v) is 2.86. The van der Waals surface area contributed by atoms with Gasteiger partial charge in [0, 0.05) is 13.1 Å². The molecule has 0 aliphatic rings. The minimum atomic E-state index is -4.44. The van der Waals surface area contributed by atoms with E-state index in [9.17, 15) is 18.0 Å². The van der Waals surface area contributed by atoms with E-state index < -0.39 is 18.8 Å². The number of alkyl halides is 3. The van der Waals surface area contributed by atoms with Gasteiger partial charge in [0.15, 0.2) is 12.4 Å². The van der Waals surface area contributed by atoms with Crippen LogP contribution in [0.2, 0.25) is 0 Å². The summed E-state index contributed by atoms with van der Waals surface area (Å²) in [5.41, 5.74) is 0.303. The van der Waals surface area contributed by atoms with Crippen molar-refractivity contribution in [1.82, 2.24) is 25.1 Å². The van der Waals surface area contributed by atoms with Crippen LogP contribution in [0.15, 0.2) is 24.7 Å². The number of nitrogens with one attached hydrogen (secondary N) is 2. The summed E-state index contributed by atoms with van der Waals surface area (Å²) in [6.45, 7) is 0.304. The molecule has 0 radical (unpaired) electrons. The van der Waals surface area contributed by atoms with E-state index in [1.165, 1.54) is 24.7 Å². The van der Waals surface area contributed by atoms with Crippen molar-refractivity contribution in [3.8, 4) is 5.88 Å². The van der Waals surface area contributed by atoms with Crippen molar-refractivity contribution >= 4 is 11.7 Å². The molecule has 8 nitrogen and oxygen atoms in total. The Morgan fingerprint density at radius 2 is 2.17 bits per heavy atom. The molecule has 2 rings (SSSR count). The van der Waals surface area contributed by atoms with Crippen molar-refractivity contribution in [3.63, 3.8) is 0 Å². The predicted molar refractivity (Wildman–Crippen MR) is 77.4 cm³/mol. The summed E-state index contributed by atoms with van der Waals surface area (Å²) in [6, 6.07) is 1.70. The topological polar surface area (TPSA) is 94.0 Å². The molecule has 0 aromatic carbocycles. The van der Waals surface area contributed by atoms with Crippen molar-refractivity contribution in [3.05, 3.63) is 30.5 Å². The van der Waals surface area contributed by atoms with E-state index in [1.807, 2.05) is 0 Å². The number of hydrogen-bond acceptors (Lipinski definition) is 5. The van der Waals surface area contributed by atoms with Gasteiger partial charge < -0.3 is 19.9 Å². The Balaban J connectivity index is 1.87. The highest BCUT2D eigenvalue weighted by molar-refractivity contribution is 5.89. The number of amides is 2. The average molecular weight is 344 g/mol. The van der Waals surface area contributed by atoms with Crippen LogP contribution in [0.5, 0.6) is 5.88 Å². The van der Waals surface area contributed by atoms with E-state index in [4.69, 9.17) is 0 Å². The minimum absolute atomic E-state index is 0.189. The molecule has 0 aliphatic heterocycles. The Morgan fingerprint density at radius 3 is 2.71 bits per heavy atom. The van der Waals surface area contributed by atoms with Crippen LogP contribution in [-0.2, 0) is 7.05 Å². The van der Waals surface area contributed by atoms with Gasteiger partial charge in [0.2, 0.25) is 5.88 Å². The van der Waals surface area contributed by atoms with Crippen molar-refractivity contribution in [2.45, 2.75) is 19.1 Å². The number of anilines is 1. The SMILES string of the molecule is C[C@@H](NC(=O)Nc1ccc(OCC(F)(F)F)nc1)c1nncn1C. The molecule has 2 aromatic heterocycles. The minimum Gasteiger partial charge on any atom is -0.468 e. The second-order valence-electron chi connectivity index (χ2n) is 4.91. The van der Waals surface area contributed by atoms with Crippen molar-refractivity contribution in [2.24, 2.45) is 7.05 Å². The van der Waals surface area contributed by atoms with E-state index in [2.05, 4.69) is 30.6 Å². The summed E-state index contributed by atoms with van der Waals surface area (Å²) in [5, 5.41) is 12.7. The van der Waals surface area contributed by atoms with Gasteiger partial charge in [-0.15, -0.1) is 10.2 Å². The molecule has 0 bridgehead atoms. The van der Waals surface area contributed by atoms with Crippen molar-refractivity contribution in [1.29, 1.82) is 0 Å². The zero-order valence-electron chi connectivity index (χ0n) is 12.8. The van der Waals surface area contributed by atoms with Crippen LogP contribution in [0.25, 0.3) is 0 Å². The number of urea groups is 1. The van der Waals surface area contributed by atoms with E-state index in [0.717, 1.165) is 0 Å². The first-order valence-electron chi connectivity index (χ1n) is 6.81. The van der Waals surface area contributed by atoms with Gasteiger partial charge in [-0.05, 0) is 13.0 Å². The molecule has 2 aromatic rings. The lowest BCUT2D eigenvalue weighted by Crippen LogP contribution is -2.32. The number of aryl methyl sites for hydroxylation is 1. The molecule has 0 saturated heterocycles. The maximum atomic E-state index is 12.0. The predicted octanol–water partition coefficient (Wildman–Crippen LogP) is 2.03. The Bertz CT molecular complexity index is 686. The van der Waals surface area contributed by atoms with Crippen LogP contribution in [-0.4, -0.2) is 38.6 Å². The maximum Gasteiger partial charge on any atom is 0.422 e. The lowest BCUT2D eigenvalue weighted by molar-refractivity contribution is -0.154. The molecule has 0 aliphatic carbocycles. The van der Waals surface area contributed by atoms with Gasteiger partial charge in [0.1, 0.15) is 6.33 Å². The maximum absolute atomic E-state index is 12.0. The number of carbonyl (C=O) groups excluding carboxylic acids is 1. The largest absolute Gasteiger partial charge is 0.468 e. The molecule has 1 atom stereocenters. The Kier molecular flexibility index (Phi) is 5.21. The first-order chi connectivity index (χ1) is 11.2. The van der Waals surface area contributed by atoms with E-state index in [0.29, 0.717) is 11.5 Å². The second-order valence-corrected chi connectivity index (χ2v) is 4.91. The molecule has 24 heavy (non-hydrogen) atoms. The van der Waals surface area contributed by atoms with Crippen LogP contribution in [0.4, 0.5) is 23.7 Å². The molecular formula is C13H15F3N6O2. The van der Waals surface area contributed by atoms with Gasteiger partial charge in [-0.25, -0.2) is 9.78 Å². The highest BCUT2D eigenvalue weighted by atomic mass is 19.4. The van der Waals surface area contributed by atoms with Crippen LogP contribution >= 0.6 is 0 Å². The lowest BCUT2D eigenvalue weighted by Gasteiger charge is -2.14. The first kappa shape index (κ1) is 17.5. The Morgan fingerprint density at radius 1 is 1.42 bits per heavy atom. The zero-order valence-corrected chi connectivity index (χ0v) is 12.8. The summed E-state index contributed by atoms with van der Waals surface area (Å²) in [4.78, 5) is 15.6. The summed E-state index contributed by atoms with van der Waals surface area (Å²) >= 11 is 0. The summed E-state index contributed by atoms with van der Waals surface area (Å²) in [6.07, 6.45) is -1.73. The van der Waals surface area contributed by atoms with Crippen LogP contribution in [0.3, 0.4) is 0 Å². The average Bonchev–Trinajstić information content (AvgIpc) is 2.92. The number of halogens is 3. The fourth-order valence-electron chi connectivity index (χ4n) is 1.81. The van der Waals surface area contributed by atoms with Gasteiger partial charge in [-0.1, -0.05) is 0 Å². The van der Waals surface area contributed by atoms with Crippen LogP contribution in [0, 0.1) is 0 Å². The number of aromatic nitrogens is 4. The van der Waals surface area contributed by atoms with E-state index >= 15 is 0 Å². The monoisotopic (exact) mass is 344 g/mol. The smallest absolute Gasteiger partial charge is 0.422 e. The number of carbonyl (C=O) groups is 1. The van der Waals surface area contributed by atoms with Crippen molar-refractivity contribution in [2.75, 3.05) is 11.9 Å². The molecule has 2 amide bonds. The summed E-state index contributed by atoms with van der Waals surface area (Å²) in [7, 11) is 1.75. The molecule has 2 heterocycles. The van der Waals surface area contributed by atoms with E-state index in [1.54, 1.807) is 18.5 Å². The van der Waals surface area contributed by atoms with Crippen LogP contribution < -0.4 is 15.4 Å². The van der Waals surface area contributed by atoms with Crippen molar-refractivity contribution < 1.29 is 22.7 Å². The number of rotatable bonds is 5. The molecule has 0 unspecified atom stereocenters. The van der Waals surface area contributed by atoms with Crippen LogP contribution in [0.1, 0.15) is 18.8 Å².